The number of amides is 2. The third kappa shape index (κ3) is 3.02. The molecule has 2 fully saturated rings. The molecular formula is C22H24N2O3. The highest BCUT2D eigenvalue weighted by molar-refractivity contribution is 6.23. The minimum absolute atomic E-state index is 0.135. The van der Waals surface area contributed by atoms with Gasteiger partial charge in [0, 0.05) is 0 Å². The summed E-state index contributed by atoms with van der Waals surface area (Å²) in [5.74, 6) is -0.896. The number of rotatable bonds is 5. The Hall–Kier alpha value is -2.66. The van der Waals surface area contributed by atoms with Crippen LogP contribution in [-0.2, 0) is 14.4 Å². The van der Waals surface area contributed by atoms with Gasteiger partial charge in [0.15, 0.2) is 6.10 Å². The van der Waals surface area contributed by atoms with E-state index in [1.54, 1.807) is 5.06 Å². The van der Waals surface area contributed by atoms with E-state index in [1.165, 1.54) is 4.90 Å². The zero-order valence-corrected chi connectivity index (χ0v) is 15.7. The van der Waals surface area contributed by atoms with Crippen LogP contribution in [0.1, 0.15) is 31.7 Å². The Morgan fingerprint density at radius 1 is 0.926 bits per heavy atom. The molecule has 0 bridgehead atoms. The van der Waals surface area contributed by atoms with Crippen LogP contribution in [0, 0.1) is 12.8 Å². The number of carbonyl (C=O) groups is 2. The molecule has 0 spiro atoms. The monoisotopic (exact) mass is 364 g/mol. The minimum Gasteiger partial charge on any atom is -0.273 e. The molecule has 5 nitrogen and oxygen atoms in total. The molecule has 2 amide bonds. The molecule has 0 aromatic heterocycles. The molecule has 0 radical (unpaired) electrons. The minimum atomic E-state index is -0.749. The summed E-state index contributed by atoms with van der Waals surface area (Å²) < 4.78 is 0. The predicted octanol–water partition coefficient (Wildman–Crippen LogP) is 3.86. The van der Waals surface area contributed by atoms with Gasteiger partial charge >= 0.3 is 0 Å². The largest absolute Gasteiger partial charge is 0.273 e. The van der Waals surface area contributed by atoms with E-state index in [0.29, 0.717) is 5.69 Å². The van der Waals surface area contributed by atoms with Crippen LogP contribution in [0.5, 0.6) is 0 Å². The molecule has 2 heterocycles. The number of anilines is 2. The lowest BCUT2D eigenvalue weighted by atomic mass is 9.92. The zero-order valence-electron chi connectivity index (χ0n) is 15.7. The number of hydrogen-bond donors (Lipinski definition) is 0. The number of hydrogen-bond acceptors (Lipinski definition) is 4. The van der Waals surface area contributed by atoms with Gasteiger partial charge in [0.25, 0.3) is 5.91 Å². The van der Waals surface area contributed by atoms with E-state index in [0.717, 1.165) is 30.5 Å². The topological polar surface area (TPSA) is 49.9 Å². The Morgan fingerprint density at radius 2 is 1.63 bits per heavy atom. The first-order valence-corrected chi connectivity index (χ1v) is 9.57. The molecule has 0 saturated carbocycles. The first-order valence-electron chi connectivity index (χ1n) is 9.57. The summed E-state index contributed by atoms with van der Waals surface area (Å²) in [6, 6.07) is 17.0. The van der Waals surface area contributed by atoms with Crippen LogP contribution in [0.3, 0.4) is 0 Å². The Labute approximate surface area is 159 Å². The van der Waals surface area contributed by atoms with Crippen molar-refractivity contribution >= 4 is 23.2 Å². The van der Waals surface area contributed by atoms with E-state index >= 15 is 0 Å². The van der Waals surface area contributed by atoms with Crippen LogP contribution in [0.2, 0.25) is 0 Å². The highest BCUT2D eigenvalue weighted by atomic mass is 16.7. The van der Waals surface area contributed by atoms with E-state index in [2.05, 4.69) is 6.92 Å². The number of aryl methyl sites for hydroxylation is 1. The normalized spacial score (nSPS) is 24.6. The molecule has 5 heteroatoms. The van der Waals surface area contributed by atoms with Crippen molar-refractivity contribution in [3.8, 4) is 0 Å². The molecular weight excluding hydrogens is 340 g/mol. The fourth-order valence-electron chi connectivity index (χ4n) is 3.98. The summed E-state index contributed by atoms with van der Waals surface area (Å²) in [7, 11) is 0. The lowest BCUT2D eigenvalue weighted by molar-refractivity contribution is -0.126. The smallest absolute Gasteiger partial charge is 0.266 e. The summed E-state index contributed by atoms with van der Waals surface area (Å²) in [6.45, 7) is 4.11. The van der Waals surface area contributed by atoms with Gasteiger partial charge in [0.05, 0.1) is 23.3 Å². The number of para-hydroxylation sites is 1. The number of hydroxylamine groups is 1. The van der Waals surface area contributed by atoms with Gasteiger partial charge in [-0.3, -0.25) is 14.4 Å². The van der Waals surface area contributed by atoms with Crippen molar-refractivity contribution in [3.63, 3.8) is 0 Å². The fourth-order valence-corrected chi connectivity index (χ4v) is 3.98. The van der Waals surface area contributed by atoms with Crippen LogP contribution < -0.4 is 9.96 Å². The second-order valence-electron chi connectivity index (χ2n) is 7.27. The molecule has 0 aliphatic carbocycles. The van der Waals surface area contributed by atoms with Crippen molar-refractivity contribution in [2.75, 3.05) is 9.96 Å². The Balaban J connectivity index is 1.66. The lowest BCUT2D eigenvalue weighted by Crippen LogP contribution is -2.40. The average Bonchev–Trinajstić information content (AvgIpc) is 3.18. The third-order valence-electron chi connectivity index (χ3n) is 5.39. The van der Waals surface area contributed by atoms with Crippen molar-refractivity contribution in [2.45, 2.75) is 45.3 Å². The van der Waals surface area contributed by atoms with Crippen LogP contribution >= 0.6 is 0 Å². The predicted molar refractivity (Wildman–Crippen MR) is 104 cm³/mol. The number of fused-ring (bicyclic) bond motifs is 1. The van der Waals surface area contributed by atoms with Gasteiger partial charge in [0.1, 0.15) is 0 Å². The SMILES string of the molecule is CCCC[C@@H]1[C@@H]2C(=O)N(c3ccc(C)cc3)C(=O)[C@@H]2ON1c1ccccc1. The highest BCUT2D eigenvalue weighted by Crippen LogP contribution is 2.41. The highest BCUT2D eigenvalue weighted by Gasteiger charge is 2.59. The van der Waals surface area contributed by atoms with Gasteiger partial charge < -0.3 is 0 Å². The second kappa shape index (κ2) is 7.16. The van der Waals surface area contributed by atoms with Crippen molar-refractivity contribution in [2.24, 2.45) is 5.92 Å². The molecule has 27 heavy (non-hydrogen) atoms. The van der Waals surface area contributed by atoms with Gasteiger partial charge in [-0.15, -0.1) is 0 Å². The van der Waals surface area contributed by atoms with E-state index in [-0.39, 0.29) is 17.9 Å². The summed E-state index contributed by atoms with van der Waals surface area (Å²) >= 11 is 0. The van der Waals surface area contributed by atoms with Crippen LogP contribution in [0.15, 0.2) is 54.6 Å². The van der Waals surface area contributed by atoms with Crippen molar-refractivity contribution < 1.29 is 14.4 Å². The summed E-state index contributed by atoms with van der Waals surface area (Å²) in [4.78, 5) is 33.6. The number of unbranched alkanes of at least 4 members (excludes halogenated alkanes) is 1. The van der Waals surface area contributed by atoms with Crippen LogP contribution in [-0.4, -0.2) is 24.0 Å². The first kappa shape index (κ1) is 17.7. The van der Waals surface area contributed by atoms with Gasteiger partial charge in [-0.25, -0.2) is 9.96 Å². The van der Waals surface area contributed by atoms with E-state index in [1.807, 2.05) is 61.5 Å². The molecule has 2 saturated heterocycles. The van der Waals surface area contributed by atoms with E-state index in [4.69, 9.17) is 4.84 Å². The summed E-state index contributed by atoms with van der Waals surface area (Å²) in [6.07, 6.45) is 2.07. The molecule has 2 aliphatic heterocycles. The average molecular weight is 364 g/mol. The van der Waals surface area contributed by atoms with Crippen LogP contribution in [0.25, 0.3) is 0 Å². The fraction of sp³-hybridized carbons (Fsp3) is 0.364. The number of nitrogens with zero attached hydrogens (tertiary/aromatic N) is 2. The summed E-state index contributed by atoms with van der Waals surface area (Å²) in [5.41, 5.74) is 2.59. The van der Waals surface area contributed by atoms with E-state index in [9.17, 15) is 9.59 Å². The standard InChI is InChI=1S/C22H24N2O3/c1-3-4-10-18-19-20(27-24(18)17-8-6-5-7-9-17)22(26)23(21(19)25)16-13-11-15(2)12-14-16/h5-9,11-14,18-20H,3-4,10H2,1-2H3/t18-,19+,20-/m1/s1. The lowest BCUT2D eigenvalue weighted by Gasteiger charge is -2.28. The maximum Gasteiger partial charge on any atom is 0.266 e. The van der Waals surface area contributed by atoms with Crippen LogP contribution in [0.4, 0.5) is 11.4 Å². The molecule has 0 N–H and O–H groups in total. The zero-order chi connectivity index (χ0) is 19.0. The van der Waals surface area contributed by atoms with Gasteiger partial charge in [-0.1, -0.05) is 55.7 Å². The molecule has 2 aromatic carbocycles. The number of carbonyl (C=O) groups excluding carboxylic acids is 2. The van der Waals surface area contributed by atoms with Gasteiger partial charge in [-0.2, -0.15) is 0 Å². The molecule has 0 unspecified atom stereocenters. The maximum atomic E-state index is 13.2. The maximum absolute atomic E-state index is 13.2. The van der Waals surface area contributed by atoms with E-state index < -0.39 is 12.0 Å². The molecule has 2 aromatic rings. The van der Waals surface area contributed by atoms with Gasteiger partial charge in [-0.05, 0) is 37.6 Å². The second-order valence-corrected chi connectivity index (χ2v) is 7.27. The quantitative estimate of drug-likeness (QED) is 0.756. The molecule has 4 rings (SSSR count). The van der Waals surface area contributed by atoms with Crippen molar-refractivity contribution in [3.05, 3.63) is 60.2 Å². The first-order chi connectivity index (χ1) is 13.1. The Morgan fingerprint density at radius 3 is 2.30 bits per heavy atom. The summed E-state index contributed by atoms with van der Waals surface area (Å²) in [5, 5.41) is 1.78. The number of benzene rings is 2. The molecule has 3 atom stereocenters. The molecule has 140 valence electrons. The van der Waals surface area contributed by atoms with Crippen molar-refractivity contribution in [1.29, 1.82) is 0 Å². The van der Waals surface area contributed by atoms with Crippen molar-refractivity contribution in [1.82, 2.24) is 0 Å². The Kier molecular flexibility index (Phi) is 4.70. The van der Waals surface area contributed by atoms with Gasteiger partial charge in [0.2, 0.25) is 5.91 Å². The third-order valence-corrected chi connectivity index (χ3v) is 5.39. The molecule has 2 aliphatic rings. The Bertz CT molecular complexity index is 834. The number of imide groups is 1.